The van der Waals surface area contributed by atoms with Gasteiger partial charge in [-0.25, -0.2) is 0 Å². The summed E-state index contributed by atoms with van der Waals surface area (Å²) in [6.45, 7) is 8.94. The molecule has 0 saturated heterocycles. The van der Waals surface area contributed by atoms with Crippen molar-refractivity contribution in [2.45, 2.75) is 45.8 Å². The second kappa shape index (κ2) is 6.31. The third-order valence-corrected chi connectivity index (χ3v) is 4.66. The molecule has 23 heavy (non-hydrogen) atoms. The Balaban J connectivity index is 1.85. The van der Waals surface area contributed by atoms with Crippen LogP contribution in [0.25, 0.3) is 0 Å². The van der Waals surface area contributed by atoms with Crippen LogP contribution in [0.1, 0.15) is 55.5 Å². The van der Waals surface area contributed by atoms with Gasteiger partial charge < -0.3 is 4.57 Å². The highest BCUT2D eigenvalue weighted by Crippen LogP contribution is 2.29. The molecular weight excluding hydrogens is 310 g/mol. The van der Waals surface area contributed by atoms with E-state index in [1.54, 1.807) is 6.07 Å². The van der Waals surface area contributed by atoms with Crippen LogP contribution in [0.15, 0.2) is 18.2 Å². The van der Waals surface area contributed by atoms with Gasteiger partial charge in [-0.15, -0.1) is 10.2 Å². The van der Waals surface area contributed by atoms with Gasteiger partial charge in [0.15, 0.2) is 0 Å². The molecule has 120 valence electrons. The Bertz CT molecular complexity index is 759. The highest BCUT2D eigenvalue weighted by atomic mass is 35.5. The Labute approximate surface area is 141 Å². The third-order valence-electron chi connectivity index (χ3n) is 4.42. The fraction of sp³-hybridized carbons (Fsp3) is 0.471. The second-order valence-electron chi connectivity index (χ2n) is 6.28. The Morgan fingerprint density at radius 2 is 2.13 bits per heavy atom. The van der Waals surface area contributed by atoms with E-state index in [2.05, 4.69) is 46.5 Å². The number of halogens is 1. The summed E-state index contributed by atoms with van der Waals surface area (Å²) in [5.74, 6) is 2.43. The molecule has 0 bridgehead atoms. The number of hydrogen-bond donors (Lipinski definition) is 0. The van der Waals surface area contributed by atoms with Gasteiger partial charge in [0.25, 0.3) is 0 Å². The fourth-order valence-electron chi connectivity index (χ4n) is 3.10. The van der Waals surface area contributed by atoms with Crippen molar-refractivity contribution in [1.82, 2.24) is 19.7 Å². The van der Waals surface area contributed by atoms with Gasteiger partial charge in [0, 0.05) is 30.6 Å². The lowest BCUT2D eigenvalue weighted by Crippen LogP contribution is -2.37. The minimum absolute atomic E-state index is 0.172. The van der Waals surface area contributed by atoms with Crippen LogP contribution in [0.3, 0.4) is 0 Å². The van der Waals surface area contributed by atoms with Crippen molar-refractivity contribution in [1.29, 1.82) is 5.26 Å². The summed E-state index contributed by atoms with van der Waals surface area (Å²) in [7, 11) is 0. The molecule has 6 heteroatoms. The van der Waals surface area contributed by atoms with Crippen LogP contribution in [-0.4, -0.2) is 26.2 Å². The summed E-state index contributed by atoms with van der Waals surface area (Å²) in [5, 5.41) is 18.6. The Morgan fingerprint density at radius 1 is 1.35 bits per heavy atom. The average molecular weight is 330 g/mol. The van der Waals surface area contributed by atoms with Crippen molar-refractivity contribution in [2.75, 3.05) is 6.54 Å². The summed E-state index contributed by atoms with van der Waals surface area (Å²) in [6.07, 6.45) is 0. The average Bonchev–Trinajstić information content (AvgIpc) is 2.96. The predicted molar refractivity (Wildman–Crippen MR) is 89.1 cm³/mol. The van der Waals surface area contributed by atoms with Gasteiger partial charge in [-0.3, -0.25) is 4.90 Å². The topological polar surface area (TPSA) is 57.7 Å². The zero-order valence-electron chi connectivity index (χ0n) is 13.6. The molecule has 0 saturated carbocycles. The smallest absolute Gasteiger partial charge is 0.150 e. The molecule has 1 unspecified atom stereocenters. The number of benzene rings is 1. The van der Waals surface area contributed by atoms with Gasteiger partial charge in [0.1, 0.15) is 11.6 Å². The Morgan fingerprint density at radius 3 is 2.83 bits per heavy atom. The zero-order valence-corrected chi connectivity index (χ0v) is 14.4. The lowest BCUT2D eigenvalue weighted by Gasteiger charge is -2.34. The number of nitrogens with zero attached hydrogens (tertiary/aromatic N) is 5. The highest BCUT2D eigenvalue weighted by Gasteiger charge is 2.29. The second-order valence-corrected chi connectivity index (χ2v) is 6.72. The standard InChI is InChI=1S/C17H20ClN5/c1-11(2)16-20-21-17-12(3)22(6-7-23(16)17)10-13-4-5-15(18)8-14(13)9-19/h4-5,8,11-12H,6-7,10H2,1-3H3. The number of fused-ring (bicyclic) bond motifs is 1. The molecule has 5 nitrogen and oxygen atoms in total. The molecule has 0 radical (unpaired) electrons. The minimum Gasteiger partial charge on any atom is -0.312 e. The van der Waals surface area contributed by atoms with E-state index in [1.165, 1.54) is 0 Å². The summed E-state index contributed by atoms with van der Waals surface area (Å²) < 4.78 is 2.24. The van der Waals surface area contributed by atoms with Crippen molar-refractivity contribution >= 4 is 11.6 Å². The van der Waals surface area contributed by atoms with Gasteiger partial charge in [-0.2, -0.15) is 5.26 Å². The van der Waals surface area contributed by atoms with Crippen molar-refractivity contribution in [3.05, 3.63) is 46.0 Å². The molecule has 3 rings (SSSR count). The highest BCUT2D eigenvalue weighted by molar-refractivity contribution is 6.30. The summed E-state index contributed by atoms with van der Waals surface area (Å²) in [4.78, 5) is 2.33. The molecule has 1 aromatic heterocycles. The quantitative estimate of drug-likeness (QED) is 0.864. The largest absolute Gasteiger partial charge is 0.312 e. The van der Waals surface area contributed by atoms with E-state index in [-0.39, 0.29) is 6.04 Å². The molecule has 1 aliphatic rings. The molecule has 0 aliphatic carbocycles. The molecule has 1 aliphatic heterocycles. The lowest BCUT2D eigenvalue weighted by atomic mass is 10.1. The monoisotopic (exact) mass is 329 g/mol. The summed E-state index contributed by atoms with van der Waals surface area (Å²) >= 11 is 5.98. The normalized spacial score (nSPS) is 18.0. The van der Waals surface area contributed by atoms with Crippen LogP contribution in [0.5, 0.6) is 0 Å². The van der Waals surface area contributed by atoms with Crippen LogP contribution in [0, 0.1) is 11.3 Å². The van der Waals surface area contributed by atoms with Crippen LogP contribution in [0.4, 0.5) is 0 Å². The number of nitriles is 1. The third kappa shape index (κ3) is 2.97. The molecular formula is C17H20ClN5. The van der Waals surface area contributed by atoms with Gasteiger partial charge in [0.05, 0.1) is 17.7 Å². The molecule has 0 N–H and O–H groups in total. The van der Waals surface area contributed by atoms with Crippen molar-refractivity contribution in [3.8, 4) is 6.07 Å². The van der Waals surface area contributed by atoms with Gasteiger partial charge >= 0.3 is 0 Å². The first-order chi connectivity index (χ1) is 11.0. The van der Waals surface area contributed by atoms with E-state index in [9.17, 15) is 5.26 Å². The predicted octanol–water partition coefficient (Wildman–Crippen LogP) is 3.50. The van der Waals surface area contributed by atoms with Crippen LogP contribution in [-0.2, 0) is 13.1 Å². The molecule has 0 fully saturated rings. The maximum atomic E-state index is 9.31. The van der Waals surface area contributed by atoms with Gasteiger partial charge in [-0.1, -0.05) is 31.5 Å². The molecule has 1 atom stereocenters. The van der Waals surface area contributed by atoms with Gasteiger partial charge in [-0.05, 0) is 24.6 Å². The summed E-state index contributed by atoms with van der Waals surface area (Å²) in [6, 6.07) is 7.91. The van der Waals surface area contributed by atoms with Crippen molar-refractivity contribution in [2.24, 2.45) is 0 Å². The van der Waals surface area contributed by atoms with Gasteiger partial charge in [0.2, 0.25) is 0 Å². The molecule has 2 aromatic rings. The zero-order chi connectivity index (χ0) is 16.6. The van der Waals surface area contributed by atoms with Crippen molar-refractivity contribution < 1.29 is 0 Å². The van der Waals surface area contributed by atoms with E-state index in [1.807, 2.05) is 12.1 Å². The fourth-order valence-corrected chi connectivity index (χ4v) is 3.28. The van der Waals surface area contributed by atoms with E-state index in [0.717, 1.165) is 30.3 Å². The first-order valence-corrected chi connectivity index (χ1v) is 8.24. The van der Waals surface area contributed by atoms with E-state index in [0.29, 0.717) is 23.0 Å². The Hall–Kier alpha value is -1.90. The Kier molecular flexibility index (Phi) is 4.38. The minimum atomic E-state index is 0.172. The van der Waals surface area contributed by atoms with Crippen LogP contribution >= 0.6 is 11.6 Å². The first kappa shape index (κ1) is 16.0. The van der Waals surface area contributed by atoms with Crippen molar-refractivity contribution in [3.63, 3.8) is 0 Å². The lowest BCUT2D eigenvalue weighted by molar-refractivity contribution is 0.154. The van der Waals surface area contributed by atoms with E-state index in [4.69, 9.17) is 11.6 Å². The van der Waals surface area contributed by atoms with Crippen LogP contribution in [0.2, 0.25) is 5.02 Å². The van der Waals surface area contributed by atoms with E-state index >= 15 is 0 Å². The maximum absolute atomic E-state index is 9.31. The van der Waals surface area contributed by atoms with E-state index < -0.39 is 0 Å². The summed E-state index contributed by atoms with van der Waals surface area (Å²) in [5.41, 5.74) is 1.64. The molecule has 1 aromatic carbocycles. The molecule has 2 heterocycles. The first-order valence-electron chi connectivity index (χ1n) is 7.86. The number of aromatic nitrogens is 3. The number of hydrogen-bond acceptors (Lipinski definition) is 4. The number of rotatable bonds is 3. The molecule has 0 amide bonds. The molecule has 0 spiro atoms. The SMILES string of the molecule is CC(C)c1nnc2n1CCN(Cc1ccc(Cl)cc1C#N)C2C. The maximum Gasteiger partial charge on any atom is 0.150 e. The van der Waals surface area contributed by atoms with Crippen LogP contribution < -0.4 is 0 Å².